The number of nitrogens with zero attached hydrogens (tertiary/aromatic N) is 4. The normalized spacial score (nSPS) is 10.0. The Labute approximate surface area is 89.4 Å². The predicted octanol–water partition coefficient (Wildman–Crippen LogP) is -0.0704. The first kappa shape index (κ1) is 9.97. The fourth-order valence-electron chi connectivity index (χ4n) is 1.11. The van der Waals surface area contributed by atoms with Crippen LogP contribution in [0.3, 0.4) is 0 Å². The lowest BCUT2D eigenvalue weighted by atomic mass is 10.2. The van der Waals surface area contributed by atoms with E-state index < -0.39 is 11.8 Å². The number of aliphatic carboxylic acids is 1. The zero-order valence-corrected chi connectivity index (χ0v) is 7.94. The third-order valence-electron chi connectivity index (χ3n) is 1.86. The molecule has 80 valence electrons. The van der Waals surface area contributed by atoms with E-state index in [1.165, 1.54) is 35.7 Å². The highest BCUT2D eigenvalue weighted by Gasteiger charge is 2.14. The number of carbonyl (C=O) groups excluding carboxylic acids is 1. The van der Waals surface area contributed by atoms with E-state index in [0.29, 0.717) is 5.82 Å². The van der Waals surface area contributed by atoms with Gasteiger partial charge in [0.2, 0.25) is 0 Å². The molecule has 0 radical (unpaired) electrons. The molecule has 16 heavy (non-hydrogen) atoms. The van der Waals surface area contributed by atoms with Crippen molar-refractivity contribution < 1.29 is 14.7 Å². The van der Waals surface area contributed by atoms with Gasteiger partial charge in [-0.25, -0.2) is 19.4 Å². The molecule has 2 aromatic rings. The Bertz CT molecular complexity index is 518. The van der Waals surface area contributed by atoms with Crippen molar-refractivity contribution in [1.82, 2.24) is 19.7 Å². The second-order valence-corrected chi connectivity index (χ2v) is 2.88. The van der Waals surface area contributed by atoms with Crippen LogP contribution in [0.1, 0.15) is 10.4 Å². The van der Waals surface area contributed by atoms with Crippen molar-refractivity contribution in [3.63, 3.8) is 0 Å². The molecule has 0 spiro atoms. The number of pyridine rings is 1. The van der Waals surface area contributed by atoms with Crippen LogP contribution in [0.2, 0.25) is 0 Å². The van der Waals surface area contributed by atoms with Gasteiger partial charge in [0.25, 0.3) is 5.78 Å². The van der Waals surface area contributed by atoms with Gasteiger partial charge in [-0.15, -0.1) is 0 Å². The van der Waals surface area contributed by atoms with Gasteiger partial charge in [-0.2, -0.15) is 5.10 Å². The molecule has 0 aliphatic heterocycles. The van der Waals surface area contributed by atoms with E-state index >= 15 is 0 Å². The van der Waals surface area contributed by atoms with Crippen molar-refractivity contribution >= 4 is 11.8 Å². The Hall–Kier alpha value is -2.57. The molecule has 0 aliphatic rings. The lowest BCUT2D eigenvalue weighted by Gasteiger charge is -1.99. The third-order valence-corrected chi connectivity index (χ3v) is 1.86. The van der Waals surface area contributed by atoms with Crippen LogP contribution in [0.15, 0.2) is 31.0 Å². The molecule has 0 bridgehead atoms. The quantitative estimate of drug-likeness (QED) is 0.572. The van der Waals surface area contributed by atoms with Crippen LogP contribution < -0.4 is 0 Å². The van der Waals surface area contributed by atoms with E-state index in [-0.39, 0.29) is 5.56 Å². The molecule has 0 fully saturated rings. The summed E-state index contributed by atoms with van der Waals surface area (Å²) >= 11 is 0. The topological polar surface area (TPSA) is 98.0 Å². The van der Waals surface area contributed by atoms with E-state index in [0.717, 1.165) is 0 Å². The van der Waals surface area contributed by atoms with Crippen molar-refractivity contribution in [2.75, 3.05) is 0 Å². The molecule has 2 aromatic heterocycles. The highest BCUT2D eigenvalue weighted by atomic mass is 16.4. The fraction of sp³-hybridized carbons (Fsp3) is 0. The van der Waals surface area contributed by atoms with Crippen LogP contribution in [0.4, 0.5) is 0 Å². The number of hydrogen-bond acceptors (Lipinski definition) is 5. The molecule has 0 unspecified atom stereocenters. The molecule has 7 nitrogen and oxygen atoms in total. The summed E-state index contributed by atoms with van der Waals surface area (Å²) in [6.45, 7) is 0. The molecular formula is C9H6N4O3. The average Bonchev–Trinajstić information content (AvgIpc) is 2.81. The van der Waals surface area contributed by atoms with Gasteiger partial charge in [-0.05, 0) is 12.1 Å². The molecule has 0 amide bonds. The summed E-state index contributed by atoms with van der Waals surface area (Å²) in [4.78, 5) is 29.1. The van der Waals surface area contributed by atoms with Gasteiger partial charge in [0, 0.05) is 11.8 Å². The number of Topliss-reactive ketones (excluding diaryl/α,β-unsaturated/α-hetero) is 1. The molecule has 0 aromatic carbocycles. The SMILES string of the molecule is O=C(O)C(=O)c1ccc(-n2cncn2)nc1. The van der Waals surface area contributed by atoms with E-state index in [4.69, 9.17) is 5.11 Å². The number of carbonyl (C=O) groups is 2. The van der Waals surface area contributed by atoms with E-state index in [9.17, 15) is 9.59 Å². The van der Waals surface area contributed by atoms with Gasteiger partial charge in [0.1, 0.15) is 12.7 Å². The van der Waals surface area contributed by atoms with Crippen molar-refractivity contribution in [2.45, 2.75) is 0 Å². The summed E-state index contributed by atoms with van der Waals surface area (Å²) in [5, 5.41) is 12.3. The second-order valence-electron chi connectivity index (χ2n) is 2.88. The minimum absolute atomic E-state index is 0.0244. The Kier molecular flexibility index (Phi) is 2.42. The number of carboxylic acids is 1. The first-order chi connectivity index (χ1) is 7.68. The first-order valence-electron chi connectivity index (χ1n) is 4.27. The van der Waals surface area contributed by atoms with Crippen LogP contribution >= 0.6 is 0 Å². The van der Waals surface area contributed by atoms with Gasteiger partial charge in [0.15, 0.2) is 5.82 Å². The smallest absolute Gasteiger partial charge is 0.377 e. The summed E-state index contributed by atoms with van der Waals surface area (Å²) < 4.78 is 1.40. The Balaban J connectivity index is 2.30. The Morgan fingerprint density at radius 1 is 1.31 bits per heavy atom. The highest BCUT2D eigenvalue weighted by Crippen LogP contribution is 2.04. The van der Waals surface area contributed by atoms with Crippen molar-refractivity contribution in [3.05, 3.63) is 36.5 Å². The van der Waals surface area contributed by atoms with Crippen molar-refractivity contribution in [3.8, 4) is 5.82 Å². The van der Waals surface area contributed by atoms with Gasteiger partial charge in [-0.3, -0.25) is 4.79 Å². The van der Waals surface area contributed by atoms with Gasteiger partial charge in [-0.1, -0.05) is 0 Å². The zero-order valence-electron chi connectivity index (χ0n) is 7.94. The van der Waals surface area contributed by atoms with Crippen LogP contribution in [-0.2, 0) is 4.79 Å². The van der Waals surface area contributed by atoms with Crippen LogP contribution in [0, 0.1) is 0 Å². The third kappa shape index (κ3) is 1.78. The zero-order chi connectivity index (χ0) is 11.5. The molecule has 2 heterocycles. The van der Waals surface area contributed by atoms with Gasteiger partial charge in [0.05, 0.1) is 0 Å². The summed E-state index contributed by atoms with van der Waals surface area (Å²) in [6.07, 6.45) is 3.98. The lowest BCUT2D eigenvalue weighted by Crippen LogP contribution is -2.13. The standard InChI is InChI=1S/C9H6N4O3/c14-8(9(15)16)6-1-2-7(11-3-6)13-5-10-4-12-13/h1-5H,(H,15,16). The molecule has 0 atom stereocenters. The van der Waals surface area contributed by atoms with E-state index in [1.807, 2.05) is 0 Å². The van der Waals surface area contributed by atoms with Crippen molar-refractivity contribution in [1.29, 1.82) is 0 Å². The summed E-state index contributed by atoms with van der Waals surface area (Å²) in [5.41, 5.74) is 0.0244. The number of aromatic nitrogens is 4. The molecule has 1 N–H and O–H groups in total. The fourth-order valence-corrected chi connectivity index (χ4v) is 1.11. The van der Waals surface area contributed by atoms with E-state index in [2.05, 4.69) is 15.1 Å². The van der Waals surface area contributed by atoms with Gasteiger partial charge >= 0.3 is 5.97 Å². The minimum atomic E-state index is -1.50. The first-order valence-corrected chi connectivity index (χ1v) is 4.27. The number of ketones is 1. The van der Waals surface area contributed by atoms with E-state index in [1.54, 1.807) is 0 Å². The lowest BCUT2D eigenvalue weighted by molar-refractivity contribution is -0.131. The number of rotatable bonds is 3. The maximum atomic E-state index is 11.1. The Morgan fingerprint density at radius 3 is 2.62 bits per heavy atom. The highest BCUT2D eigenvalue weighted by molar-refractivity contribution is 6.39. The average molecular weight is 218 g/mol. The maximum absolute atomic E-state index is 11.1. The van der Waals surface area contributed by atoms with Crippen LogP contribution in [-0.4, -0.2) is 36.6 Å². The Morgan fingerprint density at radius 2 is 2.12 bits per heavy atom. The van der Waals surface area contributed by atoms with Crippen LogP contribution in [0.5, 0.6) is 0 Å². The van der Waals surface area contributed by atoms with Crippen molar-refractivity contribution in [2.24, 2.45) is 0 Å². The monoisotopic (exact) mass is 218 g/mol. The second kappa shape index (κ2) is 3.89. The van der Waals surface area contributed by atoms with Crippen LogP contribution in [0.25, 0.3) is 5.82 Å². The number of carboxylic acid groups (broad SMARTS) is 1. The predicted molar refractivity (Wildman–Crippen MR) is 51.1 cm³/mol. The molecule has 0 aliphatic carbocycles. The maximum Gasteiger partial charge on any atom is 0.377 e. The summed E-state index contributed by atoms with van der Waals surface area (Å²) in [5.74, 6) is -2.03. The largest absolute Gasteiger partial charge is 0.475 e. The number of hydrogen-bond donors (Lipinski definition) is 1. The molecule has 2 rings (SSSR count). The molecule has 7 heteroatoms. The minimum Gasteiger partial charge on any atom is -0.475 e. The summed E-state index contributed by atoms with van der Waals surface area (Å²) in [7, 11) is 0. The molecule has 0 saturated heterocycles. The molecular weight excluding hydrogens is 212 g/mol. The van der Waals surface area contributed by atoms with Gasteiger partial charge < -0.3 is 5.11 Å². The molecule has 0 saturated carbocycles. The summed E-state index contributed by atoms with van der Waals surface area (Å²) in [6, 6.07) is 2.87.